The Labute approximate surface area is 166 Å². The van der Waals surface area contributed by atoms with E-state index < -0.39 is 5.41 Å². The summed E-state index contributed by atoms with van der Waals surface area (Å²) < 4.78 is 10.9. The highest BCUT2D eigenvalue weighted by Gasteiger charge is 2.60. The molecular weight excluding hydrogens is 356 g/mol. The Balaban J connectivity index is 1.54. The third-order valence-electron chi connectivity index (χ3n) is 6.61. The molecule has 152 valence electrons. The van der Waals surface area contributed by atoms with E-state index in [9.17, 15) is 9.59 Å². The molecule has 0 saturated carbocycles. The van der Waals surface area contributed by atoms with Crippen LogP contribution in [-0.2, 0) is 25.5 Å². The standard InChI is InChI=1S/C22H30N2O4/c1-2-28-21(26)22(14-17-6-4-3-5-7-17)15-18-8-9-19(22)24(18)16-20(25)23-10-12-27-13-11-23/h3-7,18-19H,2,8-16H2,1H3/t18-,19+,22+/m1/s1. The number of nitrogens with zero attached hydrogens (tertiary/aromatic N) is 2. The minimum atomic E-state index is -0.550. The van der Waals surface area contributed by atoms with Gasteiger partial charge in [-0.1, -0.05) is 30.3 Å². The fourth-order valence-corrected chi connectivity index (χ4v) is 5.33. The summed E-state index contributed by atoms with van der Waals surface area (Å²) in [5.74, 6) is 0.0504. The van der Waals surface area contributed by atoms with Crippen LogP contribution in [0.4, 0.5) is 0 Å². The minimum absolute atomic E-state index is 0.0711. The molecule has 1 aromatic rings. The molecule has 2 bridgehead atoms. The van der Waals surface area contributed by atoms with Crippen LogP contribution in [0.2, 0.25) is 0 Å². The van der Waals surface area contributed by atoms with Gasteiger partial charge in [0.15, 0.2) is 0 Å². The van der Waals surface area contributed by atoms with Gasteiger partial charge in [-0.25, -0.2) is 0 Å². The van der Waals surface area contributed by atoms with Gasteiger partial charge in [0.2, 0.25) is 5.91 Å². The maximum atomic E-state index is 13.1. The summed E-state index contributed by atoms with van der Waals surface area (Å²) in [6.07, 6.45) is 3.46. The fourth-order valence-electron chi connectivity index (χ4n) is 5.33. The lowest BCUT2D eigenvalue weighted by atomic mass is 9.70. The molecule has 0 spiro atoms. The van der Waals surface area contributed by atoms with Crippen molar-refractivity contribution in [1.82, 2.24) is 9.80 Å². The lowest BCUT2D eigenvalue weighted by Crippen LogP contribution is -2.50. The molecule has 3 aliphatic heterocycles. The van der Waals surface area contributed by atoms with Crippen LogP contribution in [-0.4, -0.2) is 73.2 Å². The molecule has 3 fully saturated rings. The Morgan fingerprint density at radius 3 is 2.64 bits per heavy atom. The van der Waals surface area contributed by atoms with Crippen molar-refractivity contribution in [3.8, 4) is 0 Å². The quantitative estimate of drug-likeness (QED) is 0.699. The van der Waals surface area contributed by atoms with Crippen LogP contribution in [0.5, 0.6) is 0 Å². The lowest BCUT2D eigenvalue weighted by molar-refractivity contribution is -0.158. The summed E-state index contributed by atoms with van der Waals surface area (Å²) in [6.45, 7) is 5.19. The van der Waals surface area contributed by atoms with E-state index in [0.29, 0.717) is 45.9 Å². The van der Waals surface area contributed by atoms with Crippen molar-refractivity contribution in [2.45, 2.75) is 44.7 Å². The summed E-state index contributed by atoms with van der Waals surface area (Å²) in [5, 5.41) is 0. The van der Waals surface area contributed by atoms with E-state index in [2.05, 4.69) is 17.0 Å². The van der Waals surface area contributed by atoms with Crippen molar-refractivity contribution in [3.05, 3.63) is 35.9 Å². The number of hydrogen-bond acceptors (Lipinski definition) is 5. The maximum Gasteiger partial charge on any atom is 0.314 e. The van der Waals surface area contributed by atoms with Gasteiger partial charge in [-0.05, 0) is 38.2 Å². The van der Waals surface area contributed by atoms with Crippen LogP contribution in [0.25, 0.3) is 0 Å². The Morgan fingerprint density at radius 1 is 1.18 bits per heavy atom. The highest BCUT2D eigenvalue weighted by molar-refractivity contribution is 5.81. The zero-order chi connectivity index (χ0) is 19.6. The zero-order valence-electron chi connectivity index (χ0n) is 16.6. The van der Waals surface area contributed by atoms with Gasteiger partial charge in [-0.3, -0.25) is 14.5 Å². The fraction of sp³-hybridized carbons (Fsp3) is 0.636. The first-order valence-corrected chi connectivity index (χ1v) is 10.5. The molecule has 0 unspecified atom stereocenters. The third-order valence-corrected chi connectivity index (χ3v) is 6.61. The van der Waals surface area contributed by atoms with Crippen molar-refractivity contribution in [3.63, 3.8) is 0 Å². The molecule has 1 aromatic carbocycles. The maximum absolute atomic E-state index is 13.1. The highest BCUT2D eigenvalue weighted by Crippen LogP contribution is 2.52. The molecule has 4 rings (SSSR count). The van der Waals surface area contributed by atoms with Crippen LogP contribution in [0, 0.1) is 5.41 Å². The molecule has 0 aromatic heterocycles. The number of fused-ring (bicyclic) bond motifs is 2. The number of rotatable bonds is 6. The molecule has 0 radical (unpaired) electrons. The predicted molar refractivity (Wildman–Crippen MR) is 105 cm³/mol. The molecule has 3 saturated heterocycles. The topological polar surface area (TPSA) is 59.1 Å². The molecule has 1 amide bonds. The average molecular weight is 386 g/mol. The van der Waals surface area contributed by atoms with E-state index in [1.54, 1.807) is 0 Å². The molecule has 0 aliphatic carbocycles. The van der Waals surface area contributed by atoms with Crippen LogP contribution in [0.15, 0.2) is 30.3 Å². The second-order valence-corrected chi connectivity index (χ2v) is 8.16. The normalized spacial score (nSPS) is 29.8. The monoisotopic (exact) mass is 386 g/mol. The van der Waals surface area contributed by atoms with E-state index in [1.165, 1.54) is 0 Å². The SMILES string of the molecule is CCOC(=O)[C@@]1(Cc2ccccc2)C[C@H]2CC[C@@H]1N2CC(=O)N1CCOCC1. The summed E-state index contributed by atoms with van der Waals surface area (Å²) in [6, 6.07) is 10.5. The van der Waals surface area contributed by atoms with Crippen molar-refractivity contribution in [2.75, 3.05) is 39.5 Å². The molecule has 6 heteroatoms. The molecule has 6 nitrogen and oxygen atoms in total. The van der Waals surface area contributed by atoms with Crippen molar-refractivity contribution in [2.24, 2.45) is 5.41 Å². The van der Waals surface area contributed by atoms with E-state index in [1.807, 2.05) is 30.0 Å². The average Bonchev–Trinajstić information content (AvgIpc) is 3.24. The van der Waals surface area contributed by atoms with Crippen molar-refractivity contribution >= 4 is 11.9 Å². The van der Waals surface area contributed by atoms with Gasteiger partial charge in [0.05, 0.1) is 31.8 Å². The van der Waals surface area contributed by atoms with Gasteiger partial charge < -0.3 is 14.4 Å². The van der Waals surface area contributed by atoms with Crippen LogP contribution < -0.4 is 0 Å². The first-order chi connectivity index (χ1) is 13.6. The second kappa shape index (κ2) is 8.21. The van der Waals surface area contributed by atoms with E-state index >= 15 is 0 Å². The van der Waals surface area contributed by atoms with Gasteiger partial charge in [-0.2, -0.15) is 0 Å². The predicted octanol–water partition coefficient (Wildman–Crippen LogP) is 1.87. The Hall–Kier alpha value is -1.92. The molecule has 0 N–H and O–H groups in total. The first-order valence-electron chi connectivity index (χ1n) is 10.5. The molecule has 3 atom stereocenters. The van der Waals surface area contributed by atoms with E-state index in [-0.39, 0.29) is 24.0 Å². The van der Waals surface area contributed by atoms with Crippen LogP contribution >= 0.6 is 0 Å². The lowest BCUT2D eigenvalue weighted by Gasteiger charge is -2.36. The van der Waals surface area contributed by atoms with Gasteiger partial charge in [0, 0.05) is 25.2 Å². The Morgan fingerprint density at radius 2 is 1.93 bits per heavy atom. The number of ether oxygens (including phenoxy) is 2. The highest BCUT2D eigenvalue weighted by atomic mass is 16.5. The largest absolute Gasteiger partial charge is 0.466 e. The van der Waals surface area contributed by atoms with Crippen molar-refractivity contribution in [1.29, 1.82) is 0 Å². The second-order valence-electron chi connectivity index (χ2n) is 8.16. The zero-order valence-corrected chi connectivity index (χ0v) is 16.6. The number of benzene rings is 1. The third kappa shape index (κ3) is 3.55. The molecule has 28 heavy (non-hydrogen) atoms. The van der Waals surface area contributed by atoms with Gasteiger partial charge in [0.25, 0.3) is 0 Å². The smallest absolute Gasteiger partial charge is 0.314 e. The van der Waals surface area contributed by atoms with Crippen LogP contribution in [0.3, 0.4) is 0 Å². The van der Waals surface area contributed by atoms with E-state index in [4.69, 9.17) is 9.47 Å². The van der Waals surface area contributed by atoms with Gasteiger partial charge in [0.1, 0.15) is 0 Å². The summed E-state index contributed by atoms with van der Waals surface area (Å²) in [5.41, 5.74) is 0.605. The summed E-state index contributed by atoms with van der Waals surface area (Å²) >= 11 is 0. The van der Waals surface area contributed by atoms with Crippen LogP contribution in [0.1, 0.15) is 31.7 Å². The number of morpholine rings is 1. The molecule has 3 heterocycles. The molecule has 3 aliphatic rings. The first kappa shape index (κ1) is 19.4. The molecular formula is C22H30N2O4. The Bertz CT molecular complexity index is 704. The van der Waals surface area contributed by atoms with Gasteiger partial charge in [-0.15, -0.1) is 0 Å². The number of esters is 1. The van der Waals surface area contributed by atoms with Gasteiger partial charge >= 0.3 is 5.97 Å². The van der Waals surface area contributed by atoms with Crippen molar-refractivity contribution < 1.29 is 19.1 Å². The Kier molecular flexibility index (Phi) is 5.69. The number of hydrogen-bond donors (Lipinski definition) is 0. The number of carbonyl (C=O) groups excluding carboxylic acids is 2. The number of amides is 1. The minimum Gasteiger partial charge on any atom is -0.466 e. The van der Waals surface area contributed by atoms with E-state index in [0.717, 1.165) is 24.8 Å². The summed E-state index contributed by atoms with van der Waals surface area (Å²) in [7, 11) is 0. The summed E-state index contributed by atoms with van der Waals surface area (Å²) in [4.78, 5) is 30.2. The number of carbonyl (C=O) groups is 2.